The smallest absolute Gasteiger partial charge is 0.137 e. The fraction of sp³-hybridized carbons (Fsp3) is 0.222. The molecule has 0 amide bonds. The lowest BCUT2D eigenvalue weighted by Gasteiger charge is -2.24. The predicted octanol–water partition coefficient (Wildman–Crippen LogP) is 12.0. The van der Waals surface area contributed by atoms with Gasteiger partial charge < -0.3 is 9.80 Å². The van der Waals surface area contributed by atoms with Crippen LogP contribution in [0.4, 0.5) is 17.1 Å². The van der Waals surface area contributed by atoms with Crippen molar-refractivity contribution < 1.29 is 0 Å². The fourth-order valence-corrected chi connectivity index (χ4v) is 8.02. The number of benzene rings is 5. The zero-order chi connectivity index (χ0) is 34.6. The summed E-state index contributed by atoms with van der Waals surface area (Å²) >= 11 is 1.81. The lowest BCUT2D eigenvalue weighted by atomic mass is 9.86. The minimum Gasteiger partial charge on any atom is -0.347 e. The largest absolute Gasteiger partial charge is 0.347 e. The van der Waals surface area contributed by atoms with Gasteiger partial charge in [-0.25, -0.2) is 4.98 Å². The van der Waals surface area contributed by atoms with E-state index in [1.807, 2.05) is 18.0 Å². The van der Waals surface area contributed by atoms with Gasteiger partial charge in [0.05, 0.1) is 29.1 Å². The number of aromatic nitrogens is 2. The third-order valence-corrected chi connectivity index (χ3v) is 10.8. The summed E-state index contributed by atoms with van der Waals surface area (Å²) in [5.41, 5.74) is 10.2. The van der Waals surface area contributed by atoms with E-state index in [0.29, 0.717) is 0 Å². The van der Waals surface area contributed by atoms with Gasteiger partial charge in [-0.1, -0.05) is 120 Å². The average molecular weight is 673 g/mol. The summed E-state index contributed by atoms with van der Waals surface area (Å²) in [6.07, 6.45) is 1.95. The van der Waals surface area contributed by atoms with Crippen LogP contribution in [0.25, 0.3) is 27.6 Å². The summed E-state index contributed by atoms with van der Waals surface area (Å²) in [6.45, 7) is 15.3. The zero-order valence-corrected chi connectivity index (χ0v) is 30.6. The Morgan fingerprint density at radius 1 is 0.600 bits per heavy atom. The molecule has 50 heavy (non-hydrogen) atoms. The van der Waals surface area contributed by atoms with Crippen molar-refractivity contribution in [2.45, 2.75) is 68.7 Å². The lowest BCUT2D eigenvalue weighted by molar-refractivity contribution is 0.588. The van der Waals surface area contributed by atoms with Crippen LogP contribution >= 0.6 is 11.8 Å². The Hall–Kier alpha value is -5.00. The van der Waals surface area contributed by atoms with Crippen LogP contribution in [0.15, 0.2) is 143 Å². The number of nitrogens with zero attached hydrogens (tertiary/aromatic N) is 4. The van der Waals surface area contributed by atoms with Gasteiger partial charge in [-0.15, -0.1) is 0 Å². The molecule has 0 radical (unpaired) electrons. The van der Waals surface area contributed by atoms with E-state index in [0.717, 1.165) is 19.0 Å². The summed E-state index contributed by atoms with van der Waals surface area (Å²) in [5, 5.41) is 2.48. The number of hydrogen-bond donors (Lipinski definition) is 0. The molecular formula is C45H44N4S. The Morgan fingerprint density at radius 3 is 2.12 bits per heavy atom. The van der Waals surface area contributed by atoms with Crippen molar-refractivity contribution in [1.82, 2.24) is 9.55 Å². The van der Waals surface area contributed by atoms with E-state index >= 15 is 0 Å². The van der Waals surface area contributed by atoms with Crippen molar-refractivity contribution in [1.29, 1.82) is 0 Å². The quantitative estimate of drug-likeness (QED) is 0.175. The molecule has 250 valence electrons. The van der Waals surface area contributed by atoms with Crippen molar-refractivity contribution in [3.05, 3.63) is 150 Å². The fourth-order valence-electron chi connectivity index (χ4n) is 7.11. The number of hydrogen-bond acceptors (Lipinski definition) is 4. The maximum atomic E-state index is 4.88. The monoisotopic (exact) mass is 672 g/mol. The van der Waals surface area contributed by atoms with Crippen molar-refractivity contribution in [2.75, 3.05) is 16.5 Å². The summed E-state index contributed by atoms with van der Waals surface area (Å²) < 4.78 is 2.33. The van der Waals surface area contributed by atoms with E-state index in [-0.39, 0.29) is 10.8 Å². The molecule has 5 heteroatoms. The van der Waals surface area contributed by atoms with E-state index < -0.39 is 0 Å². The van der Waals surface area contributed by atoms with Crippen molar-refractivity contribution in [2.24, 2.45) is 0 Å². The Labute approximate surface area is 300 Å². The third kappa shape index (κ3) is 6.05. The highest BCUT2D eigenvalue weighted by atomic mass is 32.2. The Morgan fingerprint density at radius 2 is 1.30 bits per heavy atom. The molecule has 7 aromatic rings. The molecule has 0 saturated carbocycles. The second-order valence-electron chi connectivity index (χ2n) is 15.5. The van der Waals surface area contributed by atoms with Crippen molar-refractivity contribution >= 4 is 50.6 Å². The topological polar surface area (TPSA) is 24.3 Å². The number of fused-ring (bicyclic) bond motifs is 4. The minimum atomic E-state index is 0.0344. The van der Waals surface area contributed by atoms with Crippen LogP contribution in [0.1, 0.15) is 58.2 Å². The normalized spacial score (nSPS) is 13.4. The number of rotatable bonds is 6. The molecule has 0 atom stereocenters. The molecule has 5 aromatic carbocycles. The summed E-state index contributed by atoms with van der Waals surface area (Å²) in [7, 11) is 0. The van der Waals surface area contributed by atoms with Crippen molar-refractivity contribution in [3.63, 3.8) is 0 Å². The van der Waals surface area contributed by atoms with Gasteiger partial charge in [0.25, 0.3) is 0 Å². The molecule has 3 heterocycles. The van der Waals surface area contributed by atoms with Crippen LogP contribution in [0.5, 0.6) is 0 Å². The summed E-state index contributed by atoms with van der Waals surface area (Å²) in [4.78, 5) is 12.2. The Balaban J connectivity index is 1.11. The Kier molecular flexibility index (Phi) is 7.99. The minimum absolute atomic E-state index is 0.0344. The van der Waals surface area contributed by atoms with Gasteiger partial charge >= 0.3 is 0 Å². The van der Waals surface area contributed by atoms with E-state index in [1.165, 1.54) is 65.3 Å². The SMILES string of the molecule is CC(C)(C)c1cccc(CN2CN(c3cccc(Sc4ccc5c6ccccc6n(-c6cc(C(C)(C)C)ccn6)c5c4)c3)c3ccccc32)c1. The van der Waals surface area contributed by atoms with Gasteiger partial charge in [0, 0.05) is 39.0 Å². The molecular weight excluding hydrogens is 629 g/mol. The van der Waals surface area contributed by atoms with Crippen LogP contribution in [-0.2, 0) is 17.4 Å². The maximum Gasteiger partial charge on any atom is 0.137 e. The highest BCUT2D eigenvalue weighted by molar-refractivity contribution is 7.99. The molecule has 8 rings (SSSR count). The number of anilines is 3. The highest BCUT2D eigenvalue weighted by Crippen LogP contribution is 2.43. The number of pyridine rings is 1. The first-order valence-corrected chi connectivity index (χ1v) is 18.3. The molecule has 0 spiro atoms. The van der Waals surface area contributed by atoms with Gasteiger partial charge in [-0.3, -0.25) is 4.57 Å². The van der Waals surface area contributed by atoms with Gasteiger partial charge in [0.15, 0.2) is 0 Å². The third-order valence-electron chi connectivity index (χ3n) is 9.84. The first kappa shape index (κ1) is 32.2. The second kappa shape index (κ2) is 12.4. The van der Waals surface area contributed by atoms with E-state index in [9.17, 15) is 0 Å². The highest BCUT2D eigenvalue weighted by Gasteiger charge is 2.27. The number of para-hydroxylation sites is 3. The molecule has 1 aliphatic heterocycles. The molecule has 4 nitrogen and oxygen atoms in total. The van der Waals surface area contributed by atoms with Crippen LogP contribution in [-0.4, -0.2) is 16.2 Å². The van der Waals surface area contributed by atoms with E-state index in [2.05, 4.69) is 183 Å². The van der Waals surface area contributed by atoms with Crippen LogP contribution in [0.2, 0.25) is 0 Å². The average Bonchev–Trinajstić information content (AvgIpc) is 3.63. The zero-order valence-electron chi connectivity index (χ0n) is 29.8. The van der Waals surface area contributed by atoms with Crippen LogP contribution in [0.3, 0.4) is 0 Å². The molecule has 0 fully saturated rings. The predicted molar refractivity (Wildman–Crippen MR) is 213 cm³/mol. The van der Waals surface area contributed by atoms with Crippen molar-refractivity contribution in [3.8, 4) is 5.82 Å². The standard InChI is InChI=1S/C45H44N4S/c1-44(2,3)32-14-11-13-31(25-32)29-47-30-48(41-20-10-9-19-40(41)47)34-15-12-16-35(27-34)50-36-21-22-38-37-17-7-8-18-39(37)49(42(38)28-36)43-26-33(23-24-46-43)45(4,5)6/h7-28H,29-30H2,1-6H3. The lowest BCUT2D eigenvalue weighted by Crippen LogP contribution is -2.27. The molecule has 1 aliphatic rings. The summed E-state index contributed by atoms with van der Waals surface area (Å²) in [6, 6.07) is 46.8. The van der Waals surface area contributed by atoms with Crippen LogP contribution in [0, 0.1) is 0 Å². The maximum absolute atomic E-state index is 4.88. The molecule has 0 saturated heterocycles. The molecule has 0 N–H and O–H groups in total. The first-order chi connectivity index (χ1) is 24.0. The van der Waals surface area contributed by atoms with E-state index in [1.54, 1.807) is 0 Å². The van der Waals surface area contributed by atoms with Gasteiger partial charge in [-0.2, -0.15) is 0 Å². The van der Waals surface area contributed by atoms with E-state index in [4.69, 9.17) is 4.98 Å². The van der Waals surface area contributed by atoms with Crippen LogP contribution < -0.4 is 9.80 Å². The van der Waals surface area contributed by atoms with Gasteiger partial charge in [-0.05, 0) is 88.2 Å². The first-order valence-electron chi connectivity index (χ1n) is 17.5. The molecule has 0 unspecified atom stereocenters. The molecule has 2 aromatic heterocycles. The Bertz CT molecular complexity index is 2360. The summed E-state index contributed by atoms with van der Waals surface area (Å²) in [5.74, 6) is 0.954. The van der Waals surface area contributed by atoms with Gasteiger partial charge in [0.1, 0.15) is 5.82 Å². The second-order valence-corrected chi connectivity index (χ2v) is 16.6. The van der Waals surface area contributed by atoms with Gasteiger partial charge in [0.2, 0.25) is 0 Å². The molecule has 0 bridgehead atoms. The molecule has 0 aliphatic carbocycles.